The highest BCUT2D eigenvalue weighted by atomic mass is 19.1. The summed E-state index contributed by atoms with van der Waals surface area (Å²) >= 11 is 0. The monoisotopic (exact) mass is 344 g/mol. The number of benzene rings is 2. The zero-order valence-electron chi connectivity index (χ0n) is 13.3. The van der Waals surface area contributed by atoms with Crippen LogP contribution in [-0.4, -0.2) is 43.5 Å². The van der Waals surface area contributed by atoms with E-state index < -0.39 is 30.3 Å². The summed E-state index contributed by atoms with van der Waals surface area (Å²) in [4.78, 5) is 23.8. The number of hydrogen-bond acceptors (Lipinski definition) is 5. The lowest BCUT2D eigenvalue weighted by atomic mass is 10.1. The Bertz CT molecular complexity index is 719. The molecule has 5 nitrogen and oxygen atoms in total. The van der Waals surface area contributed by atoms with Crippen molar-refractivity contribution in [3.8, 4) is 0 Å². The van der Waals surface area contributed by atoms with Gasteiger partial charge in [0, 0.05) is 0 Å². The lowest BCUT2D eigenvalue weighted by molar-refractivity contribution is 0.000139. The molecule has 25 heavy (non-hydrogen) atoms. The van der Waals surface area contributed by atoms with Gasteiger partial charge < -0.3 is 14.2 Å². The van der Waals surface area contributed by atoms with Crippen molar-refractivity contribution in [1.82, 2.24) is 0 Å². The number of hydrogen-bond donors (Lipinski definition) is 0. The third kappa shape index (κ3) is 4.22. The summed E-state index contributed by atoms with van der Waals surface area (Å²) in [6.45, 7) is -0.318. The molecule has 1 aliphatic rings. The van der Waals surface area contributed by atoms with E-state index in [0.717, 1.165) is 0 Å². The molecule has 0 amide bonds. The summed E-state index contributed by atoms with van der Waals surface area (Å²) in [6.07, 6.45) is -3.54. The lowest BCUT2D eigenvalue weighted by Crippen LogP contribution is -2.33. The zero-order valence-corrected chi connectivity index (χ0v) is 13.3. The fraction of sp³-hybridized carbons (Fsp3) is 0.263. The molecule has 2 aromatic carbocycles. The number of carbonyl (C=O) groups is 2. The molecule has 1 heterocycles. The molecule has 2 aromatic rings. The molecular formula is C19H17FO5. The smallest absolute Gasteiger partial charge is 0.338 e. The highest BCUT2D eigenvalue weighted by Gasteiger charge is 2.41. The molecule has 0 aliphatic carbocycles. The van der Waals surface area contributed by atoms with Crippen LogP contribution in [0.25, 0.3) is 0 Å². The van der Waals surface area contributed by atoms with Gasteiger partial charge in [0.05, 0.1) is 17.7 Å². The molecule has 1 aliphatic heterocycles. The van der Waals surface area contributed by atoms with Gasteiger partial charge in [0.25, 0.3) is 0 Å². The second-order valence-electron chi connectivity index (χ2n) is 5.59. The number of carbonyl (C=O) groups excluding carboxylic acids is 2. The molecule has 0 bridgehead atoms. The molecule has 3 rings (SSSR count). The van der Waals surface area contributed by atoms with Crippen LogP contribution in [0.3, 0.4) is 0 Å². The van der Waals surface area contributed by atoms with E-state index in [9.17, 15) is 14.0 Å². The van der Waals surface area contributed by atoms with Gasteiger partial charge in [-0.05, 0) is 24.3 Å². The SMILES string of the molecule is O=C(OC[C@H]1OC[C@H](OC(=O)c2ccccc2)[C@@H]1F)c1ccccc1. The van der Waals surface area contributed by atoms with Crippen LogP contribution in [0.4, 0.5) is 4.39 Å². The Balaban J connectivity index is 1.51. The Morgan fingerprint density at radius 1 is 0.960 bits per heavy atom. The largest absolute Gasteiger partial charge is 0.459 e. The Morgan fingerprint density at radius 3 is 2.12 bits per heavy atom. The quantitative estimate of drug-likeness (QED) is 0.781. The topological polar surface area (TPSA) is 61.8 Å². The Hall–Kier alpha value is -2.73. The summed E-state index contributed by atoms with van der Waals surface area (Å²) < 4.78 is 29.9. The molecule has 130 valence electrons. The molecular weight excluding hydrogens is 327 g/mol. The lowest BCUT2D eigenvalue weighted by Gasteiger charge is -2.16. The predicted octanol–water partition coefficient (Wildman–Crippen LogP) is 2.81. The summed E-state index contributed by atoms with van der Waals surface area (Å²) in [5.41, 5.74) is 0.719. The van der Waals surface area contributed by atoms with Gasteiger partial charge in [-0.3, -0.25) is 0 Å². The first-order chi connectivity index (χ1) is 12.1. The number of rotatable bonds is 5. The normalized spacial score (nSPS) is 22.4. The molecule has 6 heteroatoms. The van der Waals surface area contributed by atoms with Crippen LogP contribution in [0, 0.1) is 0 Å². The third-order valence-corrected chi connectivity index (χ3v) is 3.84. The molecule has 0 aromatic heterocycles. The van der Waals surface area contributed by atoms with Crippen LogP contribution in [0.5, 0.6) is 0 Å². The number of esters is 2. The molecule has 0 saturated carbocycles. The second kappa shape index (κ2) is 7.90. The molecule has 3 atom stereocenters. The van der Waals surface area contributed by atoms with E-state index in [0.29, 0.717) is 11.1 Å². The summed E-state index contributed by atoms with van der Waals surface area (Å²) in [5.74, 6) is -1.17. The zero-order chi connectivity index (χ0) is 17.6. The maximum absolute atomic E-state index is 14.4. The average molecular weight is 344 g/mol. The molecule has 0 spiro atoms. The highest BCUT2D eigenvalue weighted by molar-refractivity contribution is 5.89. The van der Waals surface area contributed by atoms with Crippen LogP contribution in [0.1, 0.15) is 20.7 Å². The van der Waals surface area contributed by atoms with Crippen LogP contribution in [0.2, 0.25) is 0 Å². The van der Waals surface area contributed by atoms with Crippen molar-refractivity contribution in [1.29, 1.82) is 0 Å². The molecule has 1 fully saturated rings. The third-order valence-electron chi connectivity index (χ3n) is 3.84. The fourth-order valence-electron chi connectivity index (χ4n) is 2.48. The van der Waals surface area contributed by atoms with E-state index in [4.69, 9.17) is 14.2 Å². The average Bonchev–Trinajstić information content (AvgIpc) is 3.01. The van der Waals surface area contributed by atoms with Gasteiger partial charge in [0.1, 0.15) is 12.7 Å². The van der Waals surface area contributed by atoms with Crippen molar-refractivity contribution in [3.63, 3.8) is 0 Å². The van der Waals surface area contributed by atoms with E-state index in [1.54, 1.807) is 60.7 Å². The van der Waals surface area contributed by atoms with E-state index >= 15 is 0 Å². The molecule has 1 saturated heterocycles. The standard InChI is InChI=1S/C19H17FO5/c20-17-15(11-24-18(21)13-7-3-1-4-8-13)23-12-16(17)25-19(22)14-9-5-2-6-10-14/h1-10,15-17H,11-12H2/t15-,16+,17-/m1/s1. The van der Waals surface area contributed by atoms with E-state index in [1.807, 2.05) is 0 Å². The van der Waals surface area contributed by atoms with Crippen molar-refractivity contribution in [2.24, 2.45) is 0 Å². The van der Waals surface area contributed by atoms with Gasteiger partial charge in [-0.2, -0.15) is 0 Å². The van der Waals surface area contributed by atoms with Gasteiger partial charge >= 0.3 is 11.9 Å². The fourth-order valence-corrected chi connectivity index (χ4v) is 2.48. The van der Waals surface area contributed by atoms with E-state index in [2.05, 4.69) is 0 Å². The number of alkyl halides is 1. The van der Waals surface area contributed by atoms with Crippen molar-refractivity contribution in [2.45, 2.75) is 18.4 Å². The summed E-state index contributed by atoms with van der Waals surface area (Å²) in [6, 6.07) is 16.7. The first-order valence-corrected chi connectivity index (χ1v) is 7.89. The maximum atomic E-state index is 14.4. The van der Waals surface area contributed by atoms with Crippen LogP contribution in [0.15, 0.2) is 60.7 Å². The van der Waals surface area contributed by atoms with Crippen molar-refractivity contribution >= 4 is 11.9 Å². The van der Waals surface area contributed by atoms with Gasteiger partial charge in [0.15, 0.2) is 12.3 Å². The minimum absolute atomic E-state index is 0.0761. The maximum Gasteiger partial charge on any atom is 0.338 e. The highest BCUT2D eigenvalue weighted by Crippen LogP contribution is 2.22. The van der Waals surface area contributed by atoms with Gasteiger partial charge in [0.2, 0.25) is 0 Å². The first kappa shape index (κ1) is 17.1. The number of ether oxygens (including phenoxy) is 3. The Labute approximate surface area is 144 Å². The minimum atomic E-state index is -1.56. The summed E-state index contributed by atoms with van der Waals surface area (Å²) in [7, 11) is 0. The van der Waals surface area contributed by atoms with E-state index in [1.165, 1.54) is 0 Å². The van der Waals surface area contributed by atoms with Gasteiger partial charge in [-0.15, -0.1) is 0 Å². The van der Waals surface area contributed by atoms with Gasteiger partial charge in [-0.25, -0.2) is 14.0 Å². The minimum Gasteiger partial charge on any atom is -0.459 e. The van der Waals surface area contributed by atoms with E-state index in [-0.39, 0.29) is 13.2 Å². The van der Waals surface area contributed by atoms with Crippen LogP contribution >= 0.6 is 0 Å². The van der Waals surface area contributed by atoms with Crippen LogP contribution in [-0.2, 0) is 14.2 Å². The predicted molar refractivity (Wildman–Crippen MR) is 87.0 cm³/mol. The first-order valence-electron chi connectivity index (χ1n) is 7.89. The molecule has 0 N–H and O–H groups in total. The Kier molecular flexibility index (Phi) is 5.40. The molecule has 0 unspecified atom stereocenters. The molecule has 0 radical (unpaired) electrons. The van der Waals surface area contributed by atoms with Crippen molar-refractivity contribution < 1.29 is 28.2 Å². The van der Waals surface area contributed by atoms with Crippen molar-refractivity contribution in [2.75, 3.05) is 13.2 Å². The second-order valence-corrected chi connectivity index (χ2v) is 5.59. The number of halogens is 1. The van der Waals surface area contributed by atoms with Gasteiger partial charge in [-0.1, -0.05) is 36.4 Å². The van der Waals surface area contributed by atoms with Crippen molar-refractivity contribution in [3.05, 3.63) is 71.8 Å². The Morgan fingerprint density at radius 2 is 1.52 bits per heavy atom. The van der Waals surface area contributed by atoms with Crippen LogP contribution < -0.4 is 0 Å². The summed E-state index contributed by atoms with van der Waals surface area (Å²) in [5, 5.41) is 0.